The summed E-state index contributed by atoms with van der Waals surface area (Å²) in [4.78, 5) is 28.6. The number of benzene rings is 2. The lowest BCUT2D eigenvalue weighted by Crippen LogP contribution is -2.15. The molecule has 0 fully saturated rings. The molecule has 32 heavy (non-hydrogen) atoms. The average molecular weight is 469 g/mol. The molecule has 0 amide bonds. The van der Waals surface area contributed by atoms with Crippen molar-refractivity contribution in [1.29, 1.82) is 0 Å². The Labute approximate surface area is 196 Å². The number of aromatic nitrogens is 5. The number of pyridine rings is 1. The summed E-state index contributed by atoms with van der Waals surface area (Å²) in [5, 5.41) is 4.38. The molecule has 0 bridgehead atoms. The third kappa shape index (κ3) is 4.17. The Hall–Kier alpha value is -3.42. The van der Waals surface area contributed by atoms with Crippen LogP contribution in [0.15, 0.2) is 78.0 Å². The van der Waals surface area contributed by atoms with Gasteiger partial charge in [0.25, 0.3) is 0 Å². The summed E-state index contributed by atoms with van der Waals surface area (Å²) < 4.78 is 1.70. The number of anilines is 1. The molecule has 164 valence electrons. The van der Waals surface area contributed by atoms with E-state index in [0.717, 1.165) is 33.2 Å². The van der Waals surface area contributed by atoms with Gasteiger partial charge in [0, 0.05) is 18.1 Å². The van der Waals surface area contributed by atoms with Gasteiger partial charge >= 0.3 is 5.69 Å². The van der Waals surface area contributed by atoms with Crippen molar-refractivity contribution >= 4 is 52.6 Å². The second-order valence-corrected chi connectivity index (χ2v) is 7.03. The van der Waals surface area contributed by atoms with Crippen LogP contribution in [0.4, 0.5) is 5.82 Å². The summed E-state index contributed by atoms with van der Waals surface area (Å²) in [6.45, 7) is 2.54. The Morgan fingerprint density at radius 3 is 2.50 bits per heavy atom. The van der Waals surface area contributed by atoms with Crippen LogP contribution in [0.3, 0.4) is 0 Å². The first-order chi connectivity index (χ1) is 14.7. The first-order valence-corrected chi connectivity index (χ1v) is 9.84. The van der Waals surface area contributed by atoms with Gasteiger partial charge in [-0.2, -0.15) is 0 Å². The zero-order valence-electron chi connectivity index (χ0n) is 17.2. The van der Waals surface area contributed by atoms with Crippen LogP contribution in [0.5, 0.6) is 0 Å². The van der Waals surface area contributed by atoms with Gasteiger partial charge in [-0.15, -0.1) is 24.8 Å². The van der Waals surface area contributed by atoms with Crippen LogP contribution in [0.1, 0.15) is 24.2 Å². The van der Waals surface area contributed by atoms with Crippen molar-refractivity contribution < 1.29 is 0 Å². The van der Waals surface area contributed by atoms with Crippen molar-refractivity contribution in [3.8, 4) is 0 Å². The highest BCUT2D eigenvalue weighted by atomic mass is 35.5. The number of hydrogen-bond acceptors (Lipinski definition) is 5. The molecular weight excluding hydrogens is 447 g/mol. The van der Waals surface area contributed by atoms with Crippen LogP contribution < -0.4 is 11.0 Å². The van der Waals surface area contributed by atoms with E-state index in [9.17, 15) is 4.79 Å². The predicted octanol–water partition coefficient (Wildman–Crippen LogP) is 4.73. The van der Waals surface area contributed by atoms with E-state index in [1.807, 2.05) is 55.5 Å². The minimum atomic E-state index is -0.180. The molecular formula is C23H22Cl2N6O. The molecule has 9 heteroatoms. The lowest BCUT2D eigenvalue weighted by atomic mass is 10.0. The second kappa shape index (κ2) is 9.80. The molecule has 0 radical (unpaired) electrons. The number of hydrogen-bond donors (Lipinski definition) is 2. The Balaban J connectivity index is 0.00000144. The van der Waals surface area contributed by atoms with E-state index in [1.54, 1.807) is 10.8 Å². The third-order valence-electron chi connectivity index (χ3n) is 5.24. The van der Waals surface area contributed by atoms with Crippen molar-refractivity contribution in [1.82, 2.24) is 24.5 Å². The van der Waals surface area contributed by atoms with E-state index < -0.39 is 0 Å². The molecule has 7 nitrogen and oxygen atoms in total. The standard InChI is InChI=1S/C23H20N6O.2ClH/c1-2-29-20-13-18-16(12-19(20)27-23(29)30)22(26-14-25-18)28-21(15-8-4-3-5-9-15)17-10-6-7-11-24-17;;/h3-14,21H,2H2,1H3,(H,27,30)(H,25,26,28);2*1H. The monoisotopic (exact) mass is 468 g/mol. The molecule has 1 atom stereocenters. The van der Waals surface area contributed by atoms with Crippen LogP contribution in [-0.2, 0) is 6.54 Å². The van der Waals surface area contributed by atoms with Gasteiger partial charge < -0.3 is 10.3 Å². The number of halogens is 2. The Kier molecular flexibility index (Phi) is 7.12. The van der Waals surface area contributed by atoms with Crippen molar-refractivity contribution in [3.05, 3.63) is 94.9 Å². The van der Waals surface area contributed by atoms with E-state index in [4.69, 9.17) is 0 Å². The molecule has 2 N–H and O–H groups in total. The third-order valence-corrected chi connectivity index (χ3v) is 5.24. The van der Waals surface area contributed by atoms with Gasteiger partial charge in [-0.1, -0.05) is 36.4 Å². The molecule has 0 aliphatic rings. The topological polar surface area (TPSA) is 88.5 Å². The first-order valence-electron chi connectivity index (χ1n) is 9.84. The maximum Gasteiger partial charge on any atom is 0.326 e. The number of H-pyrrole nitrogens is 1. The van der Waals surface area contributed by atoms with E-state index in [-0.39, 0.29) is 36.5 Å². The number of nitrogens with zero attached hydrogens (tertiary/aromatic N) is 4. The molecule has 2 aromatic carbocycles. The van der Waals surface area contributed by atoms with Gasteiger partial charge in [0.1, 0.15) is 12.1 Å². The molecule has 5 aromatic rings. The van der Waals surface area contributed by atoms with Gasteiger partial charge in [0.2, 0.25) is 0 Å². The number of aryl methyl sites for hydroxylation is 1. The van der Waals surface area contributed by atoms with Crippen LogP contribution >= 0.6 is 24.8 Å². The molecule has 3 heterocycles. The predicted molar refractivity (Wildman–Crippen MR) is 132 cm³/mol. The van der Waals surface area contributed by atoms with Gasteiger partial charge in [-0.3, -0.25) is 9.55 Å². The number of fused-ring (bicyclic) bond motifs is 2. The summed E-state index contributed by atoms with van der Waals surface area (Å²) in [5.74, 6) is 0.687. The van der Waals surface area contributed by atoms with E-state index in [2.05, 4.69) is 37.4 Å². The summed E-state index contributed by atoms with van der Waals surface area (Å²) in [6.07, 6.45) is 3.32. The minimum Gasteiger partial charge on any atom is -0.357 e. The number of aromatic amines is 1. The van der Waals surface area contributed by atoms with Gasteiger partial charge in [0.15, 0.2) is 0 Å². The largest absolute Gasteiger partial charge is 0.357 e. The molecule has 0 saturated heterocycles. The summed E-state index contributed by atoms with van der Waals surface area (Å²) in [6, 6.07) is 19.7. The maximum atomic E-state index is 12.2. The Morgan fingerprint density at radius 1 is 1.00 bits per heavy atom. The molecule has 0 spiro atoms. The van der Waals surface area contributed by atoms with Crippen LogP contribution in [-0.4, -0.2) is 24.5 Å². The highest BCUT2D eigenvalue weighted by Crippen LogP contribution is 2.29. The SMILES string of the molecule is CCn1c(=O)[nH]c2cc3c(NC(c4ccccc4)c4ccccn4)ncnc3cc21.Cl.Cl. The van der Waals surface area contributed by atoms with Crippen molar-refractivity contribution in [2.24, 2.45) is 0 Å². The Morgan fingerprint density at radius 2 is 1.78 bits per heavy atom. The fraction of sp³-hybridized carbons (Fsp3) is 0.130. The van der Waals surface area contributed by atoms with E-state index in [0.29, 0.717) is 12.4 Å². The lowest BCUT2D eigenvalue weighted by molar-refractivity contribution is 0.753. The van der Waals surface area contributed by atoms with Crippen molar-refractivity contribution in [3.63, 3.8) is 0 Å². The minimum absolute atomic E-state index is 0. The number of nitrogens with one attached hydrogen (secondary N) is 2. The summed E-state index contributed by atoms with van der Waals surface area (Å²) >= 11 is 0. The molecule has 0 aliphatic heterocycles. The lowest BCUT2D eigenvalue weighted by Gasteiger charge is -2.20. The van der Waals surface area contributed by atoms with E-state index in [1.165, 1.54) is 6.33 Å². The van der Waals surface area contributed by atoms with E-state index >= 15 is 0 Å². The van der Waals surface area contributed by atoms with Crippen LogP contribution in [0.2, 0.25) is 0 Å². The van der Waals surface area contributed by atoms with Crippen molar-refractivity contribution in [2.75, 3.05) is 5.32 Å². The molecule has 3 aromatic heterocycles. The van der Waals surface area contributed by atoms with Gasteiger partial charge in [-0.05, 0) is 36.8 Å². The normalized spacial score (nSPS) is 11.5. The van der Waals surface area contributed by atoms with Gasteiger partial charge in [0.05, 0.1) is 28.3 Å². The molecule has 5 rings (SSSR count). The quantitative estimate of drug-likeness (QED) is 0.389. The number of rotatable bonds is 5. The zero-order chi connectivity index (χ0) is 20.5. The fourth-order valence-corrected chi connectivity index (χ4v) is 3.79. The molecule has 0 aliphatic carbocycles. The average Bonchev–Trinajstić information content (AvgIpc) is 3.11. The first kappa shape index (κ1) is 23.2. The highest BCUT2D eigenvalue weighted by molar-refractivity contribution is 5.98. The van der Waals surface area contributed by atoms with Crippen LogP contribution in [0.25, 0.3) is 21.9 Å². The second-order valence-electron chi connectivity index (χ2n) is 7.03. The molecule has 1 unspecified atom stereocenters. The van der Waals surface area contributed by atoms with Crippen LogP contribution in [0, 0.1) is 0 Å². The maximum absolute atomic E-state index is 12.2. The summed E-state index contributed by atoms with van der Waals surface area (Å²) in [5.41, 5.74) is 4.22. The smallest absolute Gasteiger partial charge is 0.326 e. The fourth-order valence-electron chi connectivity index (χ4n) is 3.79. The molecule has 0 saturated carbocycles. The van der Waals surface area contributed by atoms with Gasteiger partial charge in [-0.25, -0.2) is 14.8 Å². The zero-order valence-corrected chi connectivity index (χ0v) is 18.9. The number of imidazole rings is 1. The van der Waals surface area contributed by atoms with Crippen molar-refractivity contribution in [2.45, 2.75) is 19.5 Å². The summed E-state index contributed by atoms with van der Waals surface area (Å²) in [7, 11) is 0. The highest BCUT2D eigenvalue weighted by Gasteiger charge is 2.18. The Bertz CT molecular complexity index is 1350.